The molecular formula is C20H24N2O3. The van der Waals surface area contributed by atoms with Crippen LogP contribution in [0.4, 0.5) is 4.79 Å². The van der Waals surface area contributed by atoms with Gasteiger partial charge in [-0.05, 0) is 48.1 Å². The van der Waals surface area contributed by atoms with Crippen LogP contribution in [-0.2, 0) is 12.8 Å². The quantitative estimate of drug-likeness (QED) is 0.849. The van der Waals surface area contributed by atoms with E-state index in [9.17, 15) is 4.79 Å². The minimum absolute atomic E-state index is 0.109. The normalized spacial score (nSPS) is 15.4. The Hall–Kier alpha value is -2.69. The van der Waals surface area contributed by atoms with E-state index in [-0.39, 0.29) is 12.1 Å². The molecule has 2 N–H and O–H groups in total. The van der Waals surface area contributed by atoms with Gasteiger partial charge in [0.05, 0.1) is 20.3 Å². The van der Waals surface area contributed by atoms with Crippen LogP contribution in [-0.4, -0.2) is 26.8 Å². The highest BCUT2D eigenvalue weighted by Gasteiger charge is 2.23. The number of amides is 2. The van der Waals surface area contributed by atoms with Gasteiger partial charge in [0, 0.05) is 6.54 Å². The Bertz CT molecular complexity index is 745. The van der Waals surface area contributed by atoms with Gasteiger partial charge in [-0.1, -0.05) is 30.3 Å². The van der Waals surface area contributed by atoms with Crippen molar-refractivity contribution >= 4 is 6.03 Å². The lowest BCUT2D eigenvalue weighted by atomic mass is 10.1. The van der Waals surface area contributed by atoms with Crippen LogP contribution in [0.3, 0.4) is 0 Å². The van der Waals surface area contributed by atoms with Crippen molar-refractivity contribution in [3.8, 4) is 11.5 Å². The molecule has 1 aliphatic rings. The summed E-state index contributed by atoms with van der Waals surface area (Å²) in [5.74, 6) is 1.41. The van der Waals surface area contributed by atoms with Crippen LogP contribution in [0, 0.1) is 0 Å². The van der Waals surface area contributed by atoms with Gasteiger partial charge in [-0.2, -0.15) is 0 Å². The molecule has 0 saturated heterocycles. The molecule has 0 fully saturated rings. The SMILES string of the molecule is COc1ccc(CCNC(=O)NC2CCc3ccccc32)cc1OC. The second-order valence-electron chi connectivity index (χ2n) is 6.13. The summed E-state index contributed by atoms with van der Waals surface area (Å²) in [7, 11) is 3.23. The maximum Gasteiger partial charge on any atom is 0.315 e. The Morgan fingerprint density at radius 2 is 1.92 bits per heavy atom. The van der Waals surface area contributed by atoms with Crippen LogP contribution in [0.1, 0.15) is 29.2 Å². The standard InChI is InChI=1S/C20H24N2O3/c1-24-18-10-7-14(13-19(18)25-2)11-12-21-20(23)22-17-9-8-15-5-3-4-6-16(15)17/h3-7,10,13,17H,8-9,11-12H2,1-2H3,(H2,21,22,23). The van der Waals surface area contributed by atoms with E-state index in [0.717, 1.165) is 24.8 Å². The molecule has 0 heterocycles. The second-order valence-corrected chi connectivity index (χ2v) is 6.13. The molecule has 1 unspecified atom stereocenters. The number of hydrogen-bond acceptors (Lipinski definition) is 3. The van der Waals surface area contributed by atoms with Gasteiger partial charge in [-0.15, -0.1) is 0 Å². The summed E-state index contributed by atoms with van der Waals surface area (Å²) in [6.45, 7) is 0.565. The predicted molar refractivity (Wildman–Crippen MR) is 97.3 cm³/mol. The molecule has 0 aromatic heterocycles. The molecule has 0 saturated carbocycles. The lowest BCUT2D eigenvalue weighted by Gasteiger charge is -2.15. The van der Waals surface area contributed by atoms with Crippen molar-refractivity contribution in [2.45, 2.75) is 25.3 Å². The summed E-state index contributed by atoms with van der Waals surface area (Å²) in [6, 6.07) is 14.1. The summed E-state index contributed by atoms with van der Waals surface area (Å²) in [5, 5.41) is 6.00. The zero-order chi connectivity index (χ0) is 17.6. The van der Waals surface area contributed by atoms with E-state index < -0.39 is 0 Å². The molecule has 0 radical (unpaired) electrons. The molecule has 5 heteroatoms. The molecule has 132 valence electrons. The van der Waals surface area contributed by atoms with Gasteiger partial charge in [0.15, 0.2) is 11.5 Å². The van der Waals surface area contributed by atoms with Crippen molar-refractivity contribution in [1.29, 1.82) is 0 Å². The van der Waals surface area contributed by atoms with E-state index in [1.165, 1.54) is 11.1 Å². The number of benzene rings is 2. The minimum atomic E-state index is -0.123. The fraction of sp³-hybridized carbons (Fsp3) is 0.350. The largest absolute Gasteiger partial charge is 0.493 e. The molecule has 2 amide bonds. The Kier molecular flexibility index (Phi) is 5.43. The maximum absolute atomic E-state index is 12.2. The van der Waals surface area contributed by atoms with Crippen LogP contribution < -0.4 is 20.1 Å². The molecule has 5 nitrogen and oxygen atoms in total. The summed E-state index contributed by atoms with van der Waals surface area (Å²) < 4.78 is 10.5. The molecule has 0 spiro atoms. The number of carbonyl (C=O) groups is 1. The average Bonchev–Trinajstić information content (AvgIpc) is 3.04. The molecule has 0 aliphatic heterocycles. The molecular weight excluding hydrogens is 316 g/mol. The minimum Gasteiger partial charge on any atom is -0.493 e. The molecule has 2 aromatic rings. The number of nitrogens with one attached hydrogen (secondary N) is 2. The van der Waals surface area contributed by atoms with Gasteiger partial charge in [-0.3, -0.25) is 0 Å². The number of urea groups is 1. The van der Waals surface area contributed by atoms with Crippen LogP contribution >= 0.6 is 0 Å². The van der Waals surface area contributed by atoms with Gasteiger partial charge in [0.2, 0.25) is 0 Å². The van der Waals surface area contributed by atoms with E-state index >= 15 is 0 Å². The van der Waals surface area contributed by atoms with E-state index in [0.29, 0.717) is 18.0 Å². The summed E-state index contributed by atoms with van der Waals surface area (Å²) in [6.07, 6.45) is 2.71. The molecule has 1 atom stereocenters. The fourth-order valence-electron chi connectivity index (χ4n) is 3.27. The summed E-state index contributed by atoms with van der Waals surface area (Å²) in [5.41, 5.74) is 3.65. The van der Waals surface area contributed by atoms with Gasteiger partial charge in [0.1, 0.15) is 0 Å². The number of fused-ring (bicyclic) bond motifs is 1. The number of aryl methyl sites for hydroxylation is 1. The third-order valence-corrected chi connectivity index (χ3v) is 4.59. The number of hydrogen-bond donors (Lipinski definition) is 2. The van der Waals surface area contributed by atoms with Crippen LogP contribution in [0.25, 0.3) is 0 Å². The van der Waals surface area contributed by atoms with Gasteiger partial charge >= 0.3 is 6.03 Å². The first-order valence-corrected chi connectivity index (χ1v) is 8.54. The Balaban J connectivity index is 1.49. The van der Waals surface area contributed by atoms with Gasteiger partial charge < -0.3 is 20.1 Å². The van der Waals surface area contributed by atoms with E-state index in [4.69, 9.17) is 9.47 Å². The number of carbonyl (C=O) groups excluding carboxylic acids is 1. The Morgan fingerprint density at radius 1 is 1.12 bits per heavy atom. The molecule has 1 aliphatic carbocycles. The van der Waals surface area contributed by atoms with Crippen molar-refractivity contribution < 1.29 is 14.3 Å². The third-order valence-electron chi connectivity index (χ3n) is 4.59. The smallest absolute Gasteiger partial charge is 0.315 e. The Morgan fingerprint density at radius 3 is 2.72 bits per heavy atom. The first-order valence-electron chi connectivity index (χ1n) is 8.54. The lowest BCUT2D eigenvalue weighted by molar-refractivity contribution is 0.237. The maximum atomic E-state index is 12.2. The average molecular weight is 340 g/mol. The van der Waals surface area contributed by atoms with Crippen molar-refractivity contribution in [1.82, 2.24) is 10.6 Å². The fourth-order valence-corrected chi connectivity index (χ4v) is 3.27. The molecule has 25 heavy (non-hydrogen) atoms. The first-order chi connectivity index (χ1) is 12.2. The number of rotatable bonds is 6. The highest BCUT2D eigenvalue weighted by molar-refractivity contribution is 5.74. The molecule has 0 bridgehead atoms. The zero-order valence-corrected chi connectivity index (χ0v) is 14.7. The van der Waals surface area contributed by atoms with Crippen molar-refractivity contribution in [3.05, 3.63) is 59.2 Å². The number of methoxy groups -OCH3 is 2. The van der Waals surface area contributed by atoms with Crippen LogP contribution in [0.2, 0.25) is 0 Å². The van der Waals surface area contributed by atoms with Crippen LogP contribution in [0.5, 0.6) is 11.5 Å². The number of ether oxygens (including phenoxy) is 2. The third kappa shape index (κ3) is 4.05. The summed E-state index contributed by atoms with van der Waals surface area (Å²) >= 11 is 0. The second kappa shape index (κ2) is 7.92. The summed E-state index contributed by atoms with van der Waals surface area (Å²) in [4.78, 5) is 12.2. The van der Waals surface area contributed by atoms with E-state index in [1.54, 1.807) is 14.2 Å². The molecule has 3 rings (SSSR count). The van der Waals surface area contributed by atoms with Crippen molar-refractivity contribution in [2.24, 2.45) is 0 Å². The lowest BCUT2D eigenvalue weighted by Crippen LogP contribution is -2.38. The predicted octanol–water partition coefficient (Wildman–Crippen LogP) is 3.23. The van der Waals surface area contributed by atoms with E-state index in [1.807, 2.05) is 30.3 Å². The first kappa shape index (κ1) is 17.1. The topological polar surface area (TPSA) is 59.6 Å². The van der Waals surface area contributed by atoms with Crippen LogP contribution in [0.15, 0.2) is 42.5 Å². The monoisotopic (exact) mass is 340 g/mol. The molecule has 2 aromatic carbocycles. The highest BCUT2D eigenvalue weighted by atomic mass is 16.5. The van der Waals surface area contributed by atoms with Gasteiger partial charge in [-0.25, -0.2) is 4.79 Å². The highest BCUT2D eigenvalue weighted by Crippen LogP contribution is 2.30. The Labute approximate surface area is 148 Å². The van der Waals surface area contributed by atoms with Gasteiger partial charge in [0.25, 0.3) is 0 Å². The van der Waals surface area contributed by atoms with Crippen molar-refractivity contribution in [3.63, 3.8) is 0 Å². The zero-order valence-electron chi connectivity index (χ0n) is 14.7. The van der Waals surface area contributed by atoms with Crippen molar-refractivity contribution in [2.75, 3.05) is 20.8 Å². The van der Waals surface area contributed by atoms with E-state index in [2.05, 4.69) is 22.8 Å².